The van der Waals surface area contributed by atoms with Crippen molar-refractivity contribution in [1.82, 2.24) is 29.9 Å². The van der Waals surface area contributed by atoms with Crippen LogP contribution in [-0.4, -0.2) is 79.2 Å². The summed E-state index contributed by atoms with van der Waals surface area (Å²) < 4.78 is 5.13. The van der Waals surface area contributed by atoms with Gasteiger partial charge in [-0.15, -0.1) is 0 Å². The molecule has 3 aromatic rings. The number of aromatic nitrogens is 4. The number of amides is 2. The van der Waals surface area contributed by atoms with Crippen molar-refractivity contribution in [2.75, 3.05) is 26.2 Å². The lowest BCUT2D eigenvalue weighted by Crippen LogP contribution is -2.51. The average molecular weight is 490 g/mol. The number of carbonyl (C=O) groups excluding carboxylic acids is 2. The first-order valence-corrected chi connectivity index (χ1v) is 12.3. The topological polar surface area (TPSA) is 127 Å². The molecule has 3 aliphatic heterocycles. The number of piperidine rings is 2. The molecule has 6 rings (SSSR count). The lowest BCUT2D eigenvalue weighted by molar-refractivity contribution is -0.125. The minimum atomic E-state index is -0.681. The van der Waals surface area contributed by atoms with Crippen LogP contribution >= 0.6 is 0 Å². The second-order valence-corrected chi connectivity index (χ2v) is 9.81. The Morgan fingerprint density at radius 2 is 1.94 bits per heavy atom. The molecule has 1 spiro atoms. The van der Waals surface area contributed by atoms with Gasteiger partial charge in [0.05, 0.1) is 12.1 Å². The van der Waals surface area contributed by atoms with E-state index in [1.54, 1.807) is 36.4 Å². The Labute approximate surface area is 207 Å². The highest BCUT2D eigenvalue weighted by Gasteiger charge is 2.46. The van der Waals surface area contributed by atoms with Crippen molar-refractivity contribution >= 4 is 28.6 Å². The second-order valence-electron chi connectivity index (χ2n) is 9.81. The normalized spacial score (nSPS) is 24.1. The average Bonchev–Trinajstić information content (AvgIpc) is 3.54. The fourth-order valence-corrected chi connectivity index (χ4v) is 5.50. The summed E-state index contributed by atoms with van der Waals surface area (Å²) in [6.07, 6.45) is 6.93. The third kappa shape index (κ3) is 4.08. The molecule has 0 aromatic carbocycles. The number of oxime groups is 1. The van der Waals surface area contributed by atoms with E-state index < -0.39 is 5.60 Å². The maximum absolute atomic E-state index is 13.5. The molecule has 2 amide bonds. The molecule has 11 heteroatoms. The fourth-order valence-electron chi connectivity index (χ4n) is 5.50. The molecule has 2 unspecified atom stereocenters. The van der Waals surface area contributed by atoms with Crippen LogP contribution in [0.15, 0.2) is 40.3 Å². The summed E-state index contributed by atoms with van der Waals surface area (Å²) in [5, 5.41) is 8.99. The van der Waals surface area contributed by atoms with E-state index in [0.717, 1.165) is 31.1 Å². The Hall–Kier alpha value is -3.89. The minimum Gasteiger partial charge on any atom is -0.386 e. The highest BCUT2D eigenvalue weighted by atomic mass is 16.7. The Bertz CT molecular complexity index is 1350. The van der Waals surface area contributed by atoms with Crippen LogP contribution in [0.1, 0.15) is 60.1 Å². The first kappa shape index (κ1) is 22.6. The molecule has 0 bridgehead atoms. The smallest absolute Gasteiger partial charge is 0.271 e. The van der Waals surface area contributed by atoms with E-state index in [4.69, 9.17) is 9.36 Å². The number of aryl methyl sites for hydroxylation is 1. The van der Waals surface area contributed by atoms with E-state index in [1.165, 1.54) is 0 Å². The van der Waals surface area contributed by atoms with Crippen molar-refractivity contribution in [3.63, 3.8) is 0 Å². The Morgan fingerprint density at radius 1 is 1.08 bits per heavy atom. The summed E-state index contributed by atoms with van der Waals surface area (Å²) in [4.78, 5) is 49.2. The molecule has 0 aliphatic carbocycles. The third-order valence-electron chi connectivity index (χ3n) is 7.27. The molecule has 2 fully saturated rings. The SMILES string of the molecule is Cc1nc(C2CCCN(C(=O)C3=NOC4(CCCN(C(=O)c5ccnc6ncccc56)C4)C3)C2)no1. The van der Waals surface area contributed by atoms with Gasteiger partial charge in [-0.2, -0.15) is 4.98 Å². The van der Waals surface area contributed by atoms with Crippen molar-refractivity contribution in [3.05, 3.63) is 47.9 Å². The number of rotatable bonds is 3. The van der Waals surface area contributed by atoms with Crippen LogP contribution < -0.4 is 0 Å². The van der Waals surface area contributed by atoms with Gasteiger partial charge in [-0.1, -0.05) is 10.3 Å². The highest BCUT2D eigenvalue weighted by Crippen LogP contribution is 2.35. The van der Waals surface area contributed by atoms with E-state index in [1.807, 2.05) is 11.0 Å². The summed E-state index contributed by atoms with van der Waals surface area (Å²) in [7, 11) is 0. The maximum Gasteiger partial charge on any atom is 0.271 e. The molecule has 3 aromatic heterocycles. The standard InChI is InChI=1S/C25H27N7O4/c1-16-28-21(30-35-16)17-5-3-11-31(14-17)24(34)20-13-25(36-29-20)8-4-12-32(15-25)23(33)19-7-10-27-22-18(19)6-2-9-26-22/h2,6-7,9-10,17H,3-5,8,11-15H2,1H3. The van der Waals surface area contributed by atoms with Crippen LogP contribution in [0.4, 0.5) is 0 Å². The van der Waals surface area contributed by atoms with Crippen molar-refractivity contribution in [3.8, 4) is 0 Å². The highest BCUT2D eigenvalue weighted by molar-refractivity contribution is 6.39. The zero-order chi connectivity index (χ0) is 24.7. The number of hydrogen-bond acceptors (Lipinski definition) is 9. The van der Waals surface area contributed by atoms with Gasteiger partial charge in [-0.3, -0.25) is 9.59 Å². The number of fused-ring (bicyclic) bond motifs is 1. The quantitative estimate of drug-likeness (QED) is 0.549. The largest absolute Gasteiger partial charge is 0.386 e. The van der Waals surface area contributed by atoms with Gasteiger partial charge in [-0.25, -0.2) is 9.97 Å². The van der Waals surface area contributed by atoms with Gasteiger partial charge in [0.15, 0.2) is 17.1 Å². The van der Waals surface area contributed by atoms with Crippen LogP contribution in [0.2, 0.25) is 0 Å². The predicted molar refractivity (Wildman–Crippen MR) is 128 cm³/mol. The number of pyridine rings is 2. The molecule has 11 nitrogen and oxygen atoms in total. The molecule has 3 aliphatic rings. The van der Waals surface area contributed by atoms with E-state index in [9.17, 15) is 9.59 Å². The summed E-state index contributed by atoms with van der Waals surface area (Å²) in [6, 6.07) is 5.39. The first-order valence-electron chi connectivity index (χ1n) is 12.3. The number of likely N-dealkylation sites (tertiary alicyclic amines) is 2. The lowest BCUT2D eigenvalue weighted by Gasteiger charge is -2.38. The Balaban J connectivity index is 1.14. The van der Waals surface area contributed by atoms with E-state index >= 15 is 0 Å². The Morgan fingerprint density at radius 3 is 2.81 bits per heavy atom. The van der Waals surface area contributed by atoms with Crippen molar-refractivity contribution in [2.45, 2.75) is 50.5 Å². The molecule has 36 heavy (non-hydrogen) atoms. The number of carbonyl (C=O) groups is 2. The van der Waals surface area contributed by atoms with E-state index in [-0.39, 0.29) is 17.7 Å². The summed E-state index contributed by atoms with van der Waals surface area (Å²) >= 11 is 0. The number of hydrogen-bond donors (Lipinski definition) is 0. The fraction of sp³-hybridized carbons (Fsp3) is 0.480. The summed E-state index contributed by atoms with van der Waals surface area (Å²) in [6.45, 7) is 3.94. The van der Waals surface area contributed by atoms with Crippen LogP contribution in [0.5, 0.6) is 0 Å². The molecule has 0 radical (unpaired) electrons. The van der Waals surface area contributed by atoms with Crippen LogP contribution in [0, 0.1) is 6.92 Å². The van der Waals surface area contributed by atoms with Crippen molar-refractivity contribution in [1.29, 1.82) is 0 Å². The molecule has 2 saturated heterocycles. The van der Waals surface area contributed by atoms with Gasteiger partial charge < -0.3 is 19.2 Å². The lowest BCUT2D eigenvalue weighted by atomic mass is 9.87. The molecule has 0 N–H and O–H groups in total. The van der Waals surface area contributed by atoms with Gasteiger partial charge >= 0.3 is 0 Å². The Kier molecular flexibility index (Phi) is 5.62. The number of nitrogens with zero attached hydrogens (tertiary/aromatic N) is 7. The molecular formula is C25H27N7O4. The van der Waals surface area contributed by atoms with Crippen LogP contribution in [0.3, 0.4) is 0 Å². The molecule has 0 saturated carbocycles. The van der Waals surface area contributed by atoms with Gasteiger partial charge in [0, 0.05) is 56.7 Å². The van der Waals surface area contributed by atoms with Crippen LogP contribution in [-0.2, 0) is 9.63 Å². The molecule has 2 atom stereocenters. The van der Waals surface area contributed by atoms with Gasteiger partial charge in [0.2, 0.25) is 5.89 Å². The summed E-state index contributed by atoms with van der Waals surface area (Å²) in [5.74, 6) is 1.01. The predicted octanol–water partition coefficient (Wildman–Crippen LogP) is 2.48. The zero-order valence-corrected chi connectivity index (χ0v) is 20.1. The van der Waals surface area contributed by atoms with Gasteiger partial charge in [-0.05, 0) is 43.9 Å². The van der Waals surface area contributed by atoms with Crippen molar-refractivity contribution < 1.29 is 18.9 Å². The maximum atomic E-state index is 13.5. The second kappa shape index (κ2) is 8.96. The van der Waals surface area contributed by atoms with E-state index in [2.05, 4.69) is 25.3 Å². The van der Waals surface area contributed by atoms with Gasteiger partial charge in [0.1, 0.15) is 5.71 Å². The molecule has 186 valence electrons. The molecular weight excluding hydrogens is 462 g/mol. The monoisotopic (exact) mass is 489 g/mol. The van der Waals surface area contributed by atoms with E-state index in [0.29, 0.717) is 61.2 Å². The van der Waals surface area contributed by atoms with Crippen LogP contribution in [0.25, 0.3) is 11.0 Å². The molecule has 6 heterocycles. The zero-order valence-electron chi connectivity index (χ0n) is 20.1. The minimum absolute atomic E-state index is 0.0458. The summed E-state index contributed by atoms with van der Waals surface area (Å²) in [5.41, 5.74) is 0.836. The van der Waals surface area contributed by atoms with Gasteiger partial charge in [0.25, 0.3) is 11.8 Å². The van der Waals surface area contributed by atoms with Crippen molar-refractivity contribution in [2.24, 2.45) is 5.16 Å². The third-order valence-corrected chi connectivity index (χ3v) is 7.27. The first-order chi connectivity index (χ1) is 17.5.